The van der Waals surface area contributed by atoms with Crippen LogP contribution in [0.15, 0.2) is 47.1 Å². The fraction of sp³-hybridized carbons (Fsp3) is 0.350. The number of nitrogens with one attached hydrogen (secondary N) is 1. The summed E-state index contributed by atoms with van der Waals surface area (Å²) in [6, 6.07) is 13.7. The zero-order valence-electron chi connectivity index (χ0n) is 13.3. The first kappa shape index (κ1) is 16.2. The van der Waals surface area contributed by atoms with Crippen LogP contribution in [0.5, 0.6) is 0 Å². The molecule has 23 heavy (non-hydrogen) atoms. The van der Waals surface area contributed by atoms with E-state index in [1.807, 2.05) is 12.1 Å². The minimum atomic E-state index is 0.733. The molecule has 0 saturated heterocycles. The number of hydrogen-bond acceptors (Lipinski definition) is 2. The molecule has 2 unspecified atom stereocenters. The smallest absolute Gasteiger partial charge is 0.113 e. The molecule has 2 atom stereocenters. The normalized spacial score (nSPS) is 19.0. The number of nitrogens with zero attached hydrogens (tertiary/aromatic N) is 1. The molecule has 1 aromatic heterocycles. The number of aryl methyl sites for hydroxylation is 1. The largest absolute Gasteiger partial charge is 0.317 e. The third-order valence-electron chi connectivity index (χ3n) is 4.30. The Morgan fingerprint density at radius 3 is 2.61 bits per heavy atom. The molecule has 0 bridgehead atoms. The Morgan fingerprint density at radius 1 is 1.17 bits per heavy atom. The van der Waals surface area contributed by atoms with Gasteiger partial charge in [-0.05, 0) is 77.3 Å². The second kappa shape index (κ2) is 7.77. The van der Waals surface area contributed by atoms with Crippen molar-refractivity contribution in [2.24, 2.45) is 5.92 Å². The molecule has 2 aromatic rings. The van der Waals surface area contributed by atoms with Gasteiger partial charge in [0.05, 0.1) is 0 Å². The summed E-state index contributed by atoms with van der Waals surface area (Å²) >= 11 is 3.38. The monoisotopic (exact) mass is 368 g/mol. The highest BCUT2D eigenvalue weighted by molar-refractivity contribution is 9.10. The molecule has 3 heteroatoms. The van der Waals surface area contributed by atoms with E-state index in [1.54, 1.807) is 6.20 Å². The lowest BCUT2D eigenvalue weighted by Crippen LogP contribution is -2.11. The number of hydrogen-bond donors (Lipinski definition) is 1. The summed E-state index contributed by atoms with van der Waals surface area (Å²) in [7, 11) is 2.05. The topological polar surface area (TPSA) is 24.9 Å². The molecule has 3 rings (SSSR count). The van der Waals surface area contributed by atoms with Crippen LogP contribution in [0.1, 0.15) is 29.7 Å². The summed E-state index contributed by atoms with van der Waals surface area (Å²) in [5, 5.41) is 3.35. The van der Waals surface area contributed by atoms with Crippen LogP contribution in [0.4, 0.5) is 0 Å². The Bertz CT molecular complexity index is 695. The van der Waals surface area contributed by atoms with E-state index in [0.717, 1.165) is 35.0 Å². The second-order valence-electron chi connectivity index (χ2n) is 6.08. The van der Waals surface area contributed by atoms with E-state index in [1.165, 1.54) is 24.0 Å². The van der Waals surface area contributed by atoms with Gasteiger partial charge in [0.25, 0.3) is 0 Å². The molecule has 118 valence electrons. The lowest BCUT2D eigenvalue weighted by molar-refractivity contribution is 0.702. The van der Waals surface area contributed by atoms with Gasteiger partial charge in [-0.15, -0.1) is 0 Å². The van der Waals surface area contributed by atoms with E-state index in [0.29, 0.717) is 0 Å². The highest BCUT2D eigenvalue weighted by atomic mass is 79.9. The van der Waals surface area contributed by atoms with Gasteiger partial charge in [0.2, 0.25) is 0 Å². The SMILES string of the molecule is CNC1CC1Cc1ccc(CCC#Cc2ccc(Br)cn2)cc1. The number of halogens is 1. The Balaban J connectivity index is 1.46. The Hall–Kier alpha value is -1.63. The summed E-state index contributed by atoms with van der Waals surface area (Å²) in [5.41, 5.74) is 3.63. The molecule has 1 fully saturated rings. The van der Waals surface area contributed by atoms with Crippen molar-refractivity contribution >= 4 is 15.9 Å². The van der Waals surface area contributed by atoms with Gasteiger partial charge in [-0.2, -0.15) is 0 Å². The first-order chi connectivity index (χ1) is 11.2. The molecule has 0 radical (unpaired) electrons. The highest BCUT2D eigenvalue weighted by Gasteiger charge is 2.35. The van der Waals surface area contributed by atoms with Crippen LogP contribution in [0.25, 0.3) is 0 Å². The summed E-state index contributed by atoms with van der Waals surface area (Å²) in [4.78, 5) is 4.26. The maximum absolute atomic E-state index is 4.26. The third kappa shape index (κ3) is 4.92. The number of aromatic nitrogens is 1. The van der Waals surface area contributed by atoms with Gasteiger partial charge >= 0.3 is 0 Å². The maximum Gasteiger partial charge on any atom is 0.113 e. The first-order valence-electron chi connectivity index (χ1n) is 8.10. The molecule has 1 N–H and O–H groups in total. The first-order valence-corrected chi connectivity index (χ1v) is 8.89. The average Bonchev–Trinajstić information content (AvgIpc) is 3.33. The Labute approximate surface area is 146 Å². The van der Waals surface area contributed by atoms with Gasteiger partial charge in [-0.3, -0.25) is 0 Å². The van der Waals surface area contributed by atoms with Crippen LogP contribution < -0.4 is 5.32 Å². The Morgan fingerprint density at radius 2 is 1.96 bits per heavy atom. The van der Waals surface area contributed by atoms with Gasteiger partial charge < -0.3 is 5.32 Å². The van der Waals surface area contributed by atoms with Crippen molar-refractivity contribution in [3.05, 3.63) is 63.9 Å². The summed E-state index contributed by atoms with van der Waals surface area (Å²) < 4.78 is 0.982. The standard InChI is InChI=1S/C20H21BrN2/c1-22-20-13-17(20)12-16-8-6-15(7-9-16)4-2-3-5-19-11-10-18(21)14-23-19/h6-11,14,17,20,22H,2,4,12-13H2,1H3. The van der Waals surface area contributed by atoms with Crippen molar-refractivity contribution in [1.29, 1.82) is 0 Å². The number of benzene rings is 1. The molecule has 1 aliphatic carbocycles. The van der Waals surface area contributed by atoms with Crippen molar-refractivity contribution < 1.29 is 0 Å². The van der Waals surface area contributed by atoms with E-state index < -0.39 is 0 Å². The lowest BCUT2D eigenvalue weighted by Gasteiger charge is -2.03. The maximum atomic E-state index is 4.26. The minimum Gasteiger partial charge on any atom is -0.317 e. The predicted molar refractivity (Wildman–Crippen MR) is 98.2 cm³/mol. The van der Waals surface area contributed by atoms with Crippen LogP contribution in [0.3, 0.4) is 0 Å². The zero-order chi connectivity index (χ0) is 16.1. The second-order valence-corrected chi connectivity index (χ2v) is 6.99. The minimum absolute atomic E-state index is 0.733. The zero-order valence-corrected chi connectivity index (χ0v) is 14.9. The molecule has 1 saturated carbocycles. The predicted octanol–water partition coefficient (Wildman–Crippen LogP) is 3.98. The molecule has 1 aromatic carbocycles. The molecule has 0 spiro atoms. The molecule has 1 heterocycles. The van der Waals surface area contributed by atoms with Gasteiger partial charge in [-0.1, -0.05) is 30.2 Å². The fourth-order valence-electron chi connectivity index (χ4n) is 2.78. The van der Waals surface area contributed by atoms with Gasteiger partial charge in [0.1, 0.15) is 5.69 Å². The molecule has 0 amide bonds. The van der Waals surface area contributed by atoms with Gasteiger partial charge in [0.15, 0.2) is 0 Å². The van der Waals surface area contributed by atoms with Crippen LogP contribution in [-0.4, -0.2) is 18.1 Å². The van der Waals surface area contributed by atoms with Crippen LogP contribution in [0.2, 0.25) is 0 Å². The van der Waals surface area contributed by atoms with E-state index in [2.05, 4.69) is 69.4 Å². The molecule has 2 nitrogen and oxygen atoms in total. The van der Waals surface area contributed by atoms with Crippen LogP contribution >= 0.6 is 15.9 Å². The third-order valence-corrected chi connectivity index (χ3v) is 4.77. The van der Waals surface area contributed by atoms with Crippen LogP contribution in [0, 0.1) is 17.8 Å². The van der Waals surface area contributed by atoms with Crippen LogP contribution in [-0.2, 0) is 12.8 Å². The van der Waals surface area contributed by atoms with E-state index >= 15 is 0 Å². The van der Waals surface area contributed by atoms with E-state index in [9.17, 15) is 0 Å². The molecule has 1 aliphatic rings. The highest BCUT2D eigenvalue weighted by Crippen LogP contribution is 2.33. The molecular formula is C20H21BrN2. The molecule has 0 aliphatic heterocycles. The van der Waals surface area contributed by atoms with Crippen molar-refractivity contribution in [2.75, 3.05) is 7.05 Å². The quantitative estimate of drug-likeness (QED) is 0.807. The molecular weight excluding hydrogens is 348 g/mol. The van der Waals surface area contributed by atoms with Gasteiger partial charge in [-0.25, -0.2) is 4.98 Å². The summed E-state index contributed by atoms with van der Waals surface area (Å²) in [6.07, 6.45) is 6.15. The van der Waals surface area contributed by atoms with Crippen molar-refractivity contribution in [3.63, 3.8) is 0 Å². The summed E-state index contributed by atoms with van der Waals surface area (Å²) in [5.74, 6) is 7.14. The van der Waals surface area contributed by atoms with Crippen molar-refractivity contribution in [1.82, 2.24) is 10.3 Å². The van der Waals surface area contributed by atoms with Crippen molar-refractivity contribution in [3.8, 4) is 11.8 Å². The van der Waals surface area contributed by atoms with E-state index in [4.69, 9.17) is 0 Å². The van der Waals surface area contributed by atoms with E-state index in [-0.39, 0.29) is 0 Å². The Kier molecular flexibility index (Phi) is 5.48. The van der Waals surface area contributed by atoms with Gasteiger partial charge in [0, 0.05) is 23.1 Å². The number of rotatable bonds is 5. The average molecular weight is 369 g/mol. The fourth-order valence-corrected chi connectivity index (χ4v) is 3.02. The van der Waals surface area contributed by atoms with Crippen molar-refractivity contribution in [2.45, 2.75) is 31.7 Å². The summed E-state index contributed by atoms with van der Waals surface area (Å²) in [6.45, 7) is 0. The number of pyridine rings is 1. The lowest BCUT2D eigenvalue weighted by atomic mass is 10.0.